The molecule has 1 aromatic heterocycles. The van der Waals surface area contributed by atoms with Crippen molar-refractivity contribution in [2.45, 2.75) is 24.7 Å². The first-order chi connectivity index (χ1) is 7.37. The van der Waals surface area contributed by atoms with E-state index in [1.165, 1.54) is 5.56 Å². The van der Waals surface area contributed by atoms with Gasteiger partial charge in [0, 0.05) is 17.8 Å². The van der Waals surface area contributed by atoms with Crippen LogP contribution in [0.15, 0.2) is 24.5 Å². The van der Waals surface area contributed by atoms with Crippen LogP contribution in [0.25, 0.3) is 0 Å². The van der Waals surface area contributed by atoms with E-state index in [0.717, 1.165) is 32.4 Å². The normalized spacial score (nSPS) is 27.3. The average molecular weight is 206 g/mol. The van der Waals surface area contributed by atoms with Crippen LogP contribution in [-0.2, 0) is 5.41 Å². The third kappa shape index (κ3) is 2.19. The fourth-order valence-corrected chi connectivity index (χ4v) is 2.37. The molecule has 82 valence electrons. The van der Waals surface area contributed by atoms with Crippen molar-refractivity contribution in [2.24, 2.45) is 0 Å². The Hall–Kier alpha value is -0.930. The summed E-state index contributed by atoms with van der Waals surface area (Å²) in [6, 6.07) is 4.06. The molecule has 0 saturated carbocycles. The molecular formula is C12H18N2O. The van der Waals surface area contributed by atoms with Gasteiger partial charge in [0.2, 0.25) is 0 Å². The van der Waals surface area contributed by atoms with Crippen molar-refractivity contribution in [2.75, 3.05) is 19.7 Å². The molecule has 1 unspecified atom stereocenters. The molecule has 2 N–H and O–H groups in total. The highest BCUT2D eigenvalue weighted by atomic mass is 16.3. The third-order valence-electron chi connectivity index (χ3n) is 3.38. The van der Waals surface area contributed by atoms with Gasteiger partial charge in [-0.2, -0.15) is 0 Å². The second kappa shape index (κ2) is 4.73. The van der Waals surface area contributed by atoms with Gasteiger partial charge in [0.25, 0.3) is 0 Å². The molecule has 0 amide bonds. The van der Waals surface area contributed by atoms with E-state index in [1.54, 1.807) is 0 Å². The quantitative estimate of drug-likeness (QED) is 0.761. The number of pyridine rings is 1. The van der Waals surface area contributed by atoms with Crippen molar-refractivity contribution in [3.8, 4) is 0 Å². The zero-order chi connectivity index (χ0) is 10.6. The number of nitrogens with one attached hydrogen (secondary N) is 1. The zero-order valence-corrected chi connectivity index (χ0v) is 8.95. The van der Waals surface area contributed by atoms with Crippen LogP contribution < -0.4 is 5.32 Å². The Morgan fingerprint density at radius 1 is 1.27 bits per heavy atom. The maximum absolute atomic E-state index is 9.67. The maximum atomic E-state index is 9.67. The highest BCUT2D eigenvalue weighted by Gasteiger charge is 2.31. The topological polar surface area (TPSA) is 45.2 Å². The van der Waals surface area contributed by atoms with Gasteiger partial charge in [0.15, 0.2) is 0 Å². The van der Waals surface area contributed by atoms with E-state index in [2.05, 4.69) is 10.3 Å². The second-order valence-electron chi connectivity index (χ2n) is 4.28. The minimum absolute atomic E-state index is 0.0492. The van der Waals surface area contributed by atoms with Crippen LogP contribution in [0.2, 0.25) is 0 Å². The molecule has 0 aromatic carbocycles. The minimum atomic E-state index is -0.0492. The Balaban J connectivity index is 2.27. The number of hydrogen-bond acceptors (Lipinski definition) is 3. The van der Waals surface area contributed by atoms with Crippen molar-refractivity contribution in [3.05, 3.63) is 30.1 Å². The fraction of sp³-hybridized carbons (Fsp3) is 0.583. The lowest BCUT2D eigenvalue weighted by molar-refractivity contribution is 0.178. The molecule has 3 nitrogen and oxygen atoms in total. The predicted octanol–water partition coefficient (Wildman–Crippen LogP) is 1.09. The summed E-state index contributed by atoms with van der Waals surface area (Å²) in [4.78, 5) is 4.03. The summed E-state index contributed by atoms with van der Waals surface area (Å²) in [5.74, 6) is 0. The van der Waals surface area contributed by atoms with Gasteiger partial charge >= 0.3 is 0 Å². The van der Waals surface area contributed by atoms with Gasteiger partial charge < -0.3 is 10.4 Å². The molecule has 1 fully saturated rings. The molecular weight excluding hydrogens is 188 g/mol. The van der Waals surface area contributed by atoms with E-state index in [9.17, 15) is 5.11 Å². The van der Waals surface area contributed by atoms with Crippen LogP contribution in [-0.4, -0.2) is 29.8 Å². The standard InChI is InChI=1S/C12H18N2O/c15-10-12(4-1-6-13-9-5-12)11-2-7-14-8-3-11/h2-3,7-8,13,15H,1,4-6,9-10H2. The Kier molecular flexibility index (Phi) is 3.34. The molecule has 2 rings (SSSR count). The van der Waals surface area contributed by atoms with Crippen LogP contribution in [0, 0.1) is 0 Å². The maximum Gasteiger partial charge on any atom is 0.0528 e. The van der Waals surface area contributed by atoms with Crippen molar-refractivity contribution >= 4 is 0 Å². The Morgan fingerprint density at radius 2 is 2.07 bits per heavy atom. The van der Waals surface area contributed by atoms with Gasteiger partial charge in [-0.15, -0.1) is 0 Å². The summed E-state index contributed by atoms with van der Waals surface area (Å²) in [5, 5.41) is 13.1. The molecule has 1 aliphatic heterocycles. The van der Waals surface area contributed by atoms with Gasteiger partial charge in [-0.1, -0.05) is 0 Å². The molecule has 0 radical (unpaired) electrons. The van der Waals surface area contributed by atoms with Gasteiger partial charge in [-0.3, -0.25) is 4.98 Å². The molecule has 0 spiro atoms. The van der Waals surface area contributed by atoms with E-state index in [0.29, 0.717) is 0 Å². The summed E-state index contributed by atoms with van der Waals surface area (Å²) >= 11 is 0. The number of aliphatic hydroxyl groups excluding tert-OH is 1. The van der Waals surface area contributed by atoms with Gasteiger partial charge in [-0.05, 0) is 50.0 Å². The lowest BCUT2D eigenvalue weighted by Crippen LogP contribution is -2.31. The van der Waals surface area contributed by atoms with E-state index in [4.69, 9.17) is 0 Å². The zero-order valence-electron chi connectivity index (χ0n) is 8.95. The summed E-state index contributed by atoms with van der Waals surface area (Å²) in [6.07, 6.45) is 6.81. The highest BCUT2D eigenvalue weighted by Crippen LogP contribution is 2.33. The monoisotopic (exact) mass is 206 g/mol. The van der Waals surface area contributed by atoms with E-state index in [1.807, 2.05) is 24.5 Å². The van der Waals surface area contributed by atoms with E-state index in [-0.39, 0.29) is 12.0 Å². The van der Waals surface area contributed by atoms with Crippen LogP contribution in [0.4, 0.5) is 0 Å². The molecule has 1 saturated heterocycles. The van der Waals surface area contributed by atoms with Crippen molar-refractivity contribution in [1.29, 1.82) is 0 Å². The largest absolute Gasteiger partial charge is 0.395 e. The Morgan fingerprint density at radius 3 is 2.80 bits per heavy atom. The number of rotatable bonds is 2. The number of aromatic nitrogens is 1. The number of hydrogen-bond donors (Lipinski definition) is 2. The lowest BCUT2D eigenvalue weighted by Gasteiger charge is -2.30. The Labute approximate surface area is 90.5 Å². The first-order valence-corrected chi connectivity index (χ1v) is 5.59. The van der Waals surface area contributed by atoms with Crippen LogP contribution >= 0.6 is 0 Å². The highest BCUT2D eigenvalue weighted by molar-refractivity contribution is 5.23. The first-order valence-electron chi connectivity index (χ1n) is 5.59. The third-order valence-corrected chi connectivity index (χ3v) is 3.38. The predicted molar refractivity (Wildman–Crippen MR) is 59.7 cm³/mol. The summed E-state index contributed by atoms with van der Waals surface area (Å²) in [5.41, 5.74) is 1.18. The van der Waals surface area contributed by atoms with Crippen LogP contribution in [0.3, 0.4) is 0 Å². The van der Waals surface area contributed by atoms with E-state index < -0.39 is 0 Å². The molecule has 1 atom stereocenters. The van der Waals surface area contributed by atoms with Crippen molar-refractivity contribution in [3.63, 3.8) is 0 Å². The first kappa shape index (κ1) is 10.6. The van der Waals surface area contributed by atoms with Gasteiger partial charge in [-0.25, -0.2) is 0 Å². The lowest BCUT2D eigenvalue weighted by atomic mass is 9.75. The molecule has 1 aromatic rings. The van der Waals surface area contributed by atoms with E-state index >= 15 is 0 Å². The number of aliphatic hydroxyl groups is 1. The van der Waals surface area contributed by atoms with Gasteiger partial charge in [0.1, 0.15) is 0 Å². The molecule has 2 heterocycles. The van der Waals surface area contributed by atoms with Crippen molar-refractivity contribution in [1.82, 2.24) is 10.3 Å². The molecule has 1 aliphatic rings. The Bertz CT molecular complexity index is 292. The van der Waals surface area contributed by atoms with Crippen LogP contribution in [0.5, 0.6) is 0 Å². The molecule has 0 bridgehead atoms. The van der Waals surface area contributed by atoms with Gasteiger partial charge in [0.05, 0.1) is 6.61 Å². The smallest absolute Gasteiger partial charge is 0.0528 e. The fourth-order valence-electron chi connectivity index (χ4n) is 2.37. The number of nitrogens with zero attached hydrogens (tertiary/aromatic N) is 1. The second-order valence-corrected chi connectivity index (χ2v) is 4.28. The SMILES string of the molecule is OCC1(c2ccncc2)CCCNCC1. The van der Waals surface area contributed by atoms with Crippen molar-refractivity contribution < 1.29 is 5.11 Å². The average Bonchev–Trinajstić information content (AvgIpc) is 2.56. The molecule has 3 heteroatoms. The summed E-state index contributed by atoms with van der Waals surface area (Å²) in [7, 11) is 0. The molecule has 15 heavy (non-hydrogen) atoms. The van der Waals surface area contributed by atoms with Crippen LogP contribution in [0.1, 0.15) is 24.8 Å². The molecule has 0 aliphatic carbocycles. The summed E-state index contributed by atoms with van der Waals surface area (Å²) in [6.45, 7) is 2.29. The summed E-state index contributed by atoms with van der Waals surface area (Å²) < 4.78 is 0. The minimum Gasteiger partial charge on any atom is -0.395 e.